The Morgan fingerprint density at radius 3 is 2.78 bits per heavy atom. The molecule has 0 aliphatic rings. The number of halogens is 3. The number of anilines is 1. The Bertz CT molecular complexity index is 780. The molecule has 2 heterocycles. The molecule has 0 unspecified atom stereocenters. The van der Waals surface area contributed by atoms with Crippen molar-refractivity contribution in [1.29, 1.82) is 0 Å². The van der Waals surface area contributed by atoms with E-state index in [2.05, 4.69) is 5.10 Å². The lowest BCUT2D eigenvalue weighted by atomic mass is 10.3. The van der Waals surface area contributed by atoms with Gasteiger partial charge in [0.2, 0.25) is 12.1 Å². The number of rotatable bonds is 8. The van der Waals surface area contributed by atoms with Crippen LogP contribution in [0.15, 0.2) is 30.7 Å². The molecule has 0 saturated heterocycles. The quantitative estimate of drug-likeness (QED) is 0.386. The zero-order valence-corrected chi connectivity index (χ0v) is 15.9. The number of aromatic nitrogens is 3. The summed E-state index contributed by atoms with van der Waals surface area (Å²) in [6, 6.07) is 3.32. The van der Waals surface area contributed by atoms with E-state index < -0.39 is 12.6 Å². The minimum absolute atomic E-state index is 0.0525. The molecule has 148 valence electrons. The molecule has 0 aliphatic carbocycles. The first kappa shape index (κ1) is 21.1. The number of carbonyl (C=O) groups excluding carboxylic acids is 1. The van der Waals surface area contributed by atoms with Crippen LogP contribution in [0.1, 0.15) is 25.5 Å². The van der Waals surface area contributed by atoms with E-state index in [1.807, 2.05) is 6.92 Å². The van der Waals surface area contributed by atoms with Crippen molar-refractivity contribution in [3.63, 3.8) is 0 Å². The molecule has 0 aliphatic heterocycles. The van der Waals surface area contributed by atoms with E-state index in [-0.39, 0.29) is 18.1 Å². The SMILES string of the molecule is CCN(C(=O)CCSCCC(F)(F)F)c1cn(-c2ccc[n+]([O-])c2)nc1C. The Morgan fingerprint density at radius 1 is 1.41 bits per heavy atom. The van der Waals surface area contributed by atoms with E-state index in [0.717, 1.165) is 11.8 Å². The largest absolute Gasteiger partial charge is 0.619 e. The third-order valence-corrected chi connectivity index (χ3v) is 4.78. The summed E-state index contributed by atoms with van der Waals surface area (Å²) in [5.74, 6) is 0.0999. The van der Waals surface area contributed by atoms with Gasteiger partial charge in [0.15, 0.2) is 6.20 Å². The third-order valence-electron chi connectivity index (χ3n) is 3.80. The van der Waals surface area contributed by atoms with Gasteiger partial charge in [0.1, 0.15) is 5.69 Å². The first-order valence-corrected chi connectivity index (χ1v) is 9.57. The van der Waals surface area contributed by atoms with Crippen LogP contribution in [-0.4, -0.2) is 39.9 Å². The molecular weight excluding hydrogens is 381 g/mol. The number of amides is 1. The molecule has 0 saturated carbocycles. The standard InChI is InChI=1S/C17H21F3N4O2S/c1-3-23(16(25)6-9-27-10-7-17(18,19)20)15-12-24(21-13(15)2)14-5-4-8-22(26)11-14/h4-5,8,11-12H,3,6-7,9-10H2,1-2H3. The number of hydrogen-bond acceptors (Lipinski definition) is 4. The van der Waals surface area contributed by atoms with Gasteiger partial charge in [-0.15, -0.1) is 0 Å². The van der Waals surface area contributed by atoms with Gasteiger partial charge < -0.3 is 10.1 Å². The van der Waals surface area contributed by atoms with E-state index in [9.17, 15) is 23.2 Å². The summed E-state index contributed by atoms with van der Waals surface area (Å²) in [5.41, 5.74) is 1.80. The summed E-state index contributed by atoms with van der Waals surface area (Å²) in [6.07, 6.45) is -0.482. The van der Waals surface area contributed by atoms with Crippen LogP contribution < -0.4 is 9.63 Å². The number of nitrogens with zero attached hydrogens (tertiary/aromatic N) is 4. The van der Waals surface area contributed by atoms with Gasteiger partial charge in [0, 0.05) is 30.5 Å². The molecular formula is C17H21F3N4O2S. The molecule has 10 heteroatoms. The van der Waals surface area contributed by atoms with Gasteiger partial charge in [-0.25, -0.2) is 4.68 Å². The Labute approximate surface area is 159 Å². The highest BCUT2D eigenvalue weighted by atomic mass is 32.2. The fourth-order valence-electron chi connectivity index (χ4n) is 2.49. The highest BCUT2D eigenvalue weighted by molar-refractivity contribution is 7.99. The van der Waals surface area contributed by atoms with Crippen molar-refractivity contribution in [2.75, 3.05) is 23.0 Å². The van der Waals surface area contributed by atoms with Gasteiger partial charge in [-0.2, -0.15) is 34.8 Å². The molecule has 27 heavy (non-hydrogen) atoms. The number of pyridine rings is 1. The molecule has 0 fully saturated rings. The van der Waals surface area contributed by atoms with E-state index >= 15 is 0 Å². The monoisotopic (exact) mass is 402 g/mol. The lowest BCUT2D eigenvalue weighted by molar-refractivity contribution is -0.605. The average Bonchev–Trinajstić information content (AvgIpc) is 2.96. The predicted molar refractivity (Wildman–Crippen MR) is 97.9 cm³/mol. The van der Waals surface area contributed by atoms with E-state index in [0.29, 0.717) is 34.1 Å². The molecule has 1 amide bonds. The zero-order chi connectivity index (χ0) is 20.0. The summed E-state index contributed by atoms with van der Waals surface area (Å²) in [5, 5.41) is 15.8. The van der Waals surface area contributed by atoms with E-state index in [1.54, 1.807) is 30.2 Å². The third kappa shape index (κ3) is 6.16. The minimum Gasteiger partial charge on any atom is -0.619 e. The summed E-state index contributed by atoms with van der Waals surface area (Å²) in [7, 11) is 0. The summed E-state index contributed by atoms with van der Waals surface area (Å²) < 4.78 is 38.6. The number of thioether (sulfide) groups is 1. The second-order valence-corrected chi connectivity index (χ2v) is 7.06. The van der Waals surface area contributed by atoms with Crippen molar-refractivity contribution in [1.82, 2.24) is 9.78 Å². The van der Waals surface area contributed by atoms with Gasteiger partial charge in [-0.05, 0) is 19.9 Å². The van der Waals surface area contributed by atoms with Crippen molar-refractivity contribution in [2.45, 2.75) is 32.9 Å². The molecule has 0 N–H and O–H groups in total. The van der Waals surface area contributed by atoms with Crippen molar-refractivity contribution in [3.8, 4) is 5.69 Å². The molecule has 0 bridgehead atoms. The average molecular weight is 402 g/mol. The van der Waals surface area contributed by atoms with Crippen molar-refractivity contribution >= 4 is 23.4 Å². The van der Waals surface area contributed by atoms with Crippen LogP contribution in [0.25, 0.3) is 5.69 Å². The van der Waals surface area contributed by atoms with Crippen LogP contribution in [-0.2, 0) is 4.79 Å². The van der Waals surface area contributed by atoms with E-state index in [4.69, 9.17) is 0 Å². The lowest BCUT2D eigenvalue weighted by Crippen LogP contribution is -2.31. The molecule has 2 aromatic heterocycles. The predicted octanol–water partition coefficient (Wildman–Crippen LogP) is 3.24. The van der Waals surface area contributed by atoms with Gasteiger partial charge in [-0.3, -0.25) is 4.79 Å². The number of aryl methyl sites for hydroxylation is 1. The second kappa shape index (κ2) is 9.12. The van der Waals surface area contributed by atoms with Crippen molar-refractivity contribution in [3.05, 3.63) is 41.6 Å². The van der Waals surface area contributed by atoms with Crippen LogP contribution in [0, 0.1) is 12.1 Å². The molecule has 0 atom stereocenters. The van der Waals surface area contributed by atoms with Crippen LogP contribution in [0.5, 0.6) is 0 Å². The molecule has 0 aromatic carbocycles. The first-order chi connectivity index (χ1) is 12.7. The number of hydrogen-bond donors (Lipinski definition) is 0. The Balaban J connectivity index is 2.01. The fraction of sp³-hybridized carbons (Fsp3) is 0.471. The van der Waals surface area contributed by atoms with Crippen molar-refractivity contribution < 1.29 is 22.7 Å². The molecule has 6 nitrogen and oxygen atoms in total. The summed E-state index contributed by atoms with van der Waals surface area (Å²) in [6.45, 7) is 3.99. The topological polar surface area (TPSA) is 65.1 Å². The van der Waals surface area contributed by atoms with Crippen LogP contribution in [0.2, 0.25) is 0 Å². The molecule has 2 rings (SSSR count). The number of carbonyl (C=O) groups is 1. The van der Waals surface area contributed by atoms with Crippen LogP contribution in [0.3, 0.4) is 0 Å². The minimum atomic E-state index is -4.17. The van der Waals surface area contributed by atoms with E-state index in [1.165, 1.54) is 17.1 Å². The number of alkyl halides is 3. The molecule has 0 spiro atoms. The smallest absolute Gasteiger partial charge is 0.389 e. The maximum atomic E-state index is 12.5. The van der Waals surface area contributed by atoms with Crippen LogP contribution >= 0.6 is 11.8 Å². The molecule has 2 aromatic rings. The second-order valence-electron chi connectivity index (χ2n) is 5.83. The Hall–Kier alpha value is -2.23. The normalized spacial score (nSPS) is 11.6. The maximum absolute atomic E-state index is 12.5. The summed E-state index contributed by atoms with van der Waals surface area (Å²) >= 11 is 1.11. The Kier molecular flexibility index (Phi) is 7.11. The van der Waals surface area contributed by atoms with Gasteiger partial charge in [0.25, 0.3) is 0 Å². The maximum Gasteiger partial charge on any atom is 0.389 e. The fourth-order valence-corrected chi connectivity index (χ4v) is 3.39. The highest BCUT2D eigenvalue weighted by Crippen LogP contribution is 2.24. The highest BCUT2D eigenvalue weighted by Gasteiger charge is 2.26. The zero-order valence-electron chi connectivity index (χ0n) is 15.1. The summed E-state index contributed by atoms with van der Waals surface area (Å²) in [4.78, 5) is 14.0. The van der Waals surface area contributed by atoms with Crippen molar-refractivity contribution in [2.24, 2.45) is 0 Å². The first-order valence-electron chi connectivity index (χ1n) is 8.41. The Morgan fingerprint density at radius 2 is 2.15 bits per heavy atom. The van der Waals surface area contributed by atoms with Crippen LogP contribution in [0.4, 0.5) is 18.9 Å². The lowest BCUT2D eigenvalue weighted by Gasteiger charge is -2.20. The van der Waals surface area contributed by atoms with Gasteiger partial charge in [0.05, 0.1) is 24.0 Å². The molecule has 0 radical (unpaired) electrons. The van der Waals surface area contributed by atoms with Gasteiger partial charge >= 0.3 is 6.18 Å². The van der Waals surface area contributed by atoms with Gasteiger partial charge in [-0.1, -0.05) is 0 Å².